The van der Waals surface area contributed by atoms with Gasteiger partial charge in [0.1, 0.15) is 29.3 Å². The second-order valence-corrected chi connectivity index (χ2v) is 7.55. The molecule has 0 radical (unpaired) electrons. The van der Waals surface area contributed by atoms with Gasteiger partial charge >= 0.3 is 0 Å². The number of aromatic amines is 1. The van der Waals surface area contributed by atoms with E-state index in [1.54, 1.807) is 19.4 Å². The van der Waals surface area contributed by atoms with E-state index in [-0.39, 0.29) is 11.8 Å². The summed E-state index contributed by atoms with van der Waals surface area (Å²) < 4.78 is 11.9. The van der Waals surface area contributed by atoms with Crippen LogP contribution in [0.1, 0.15) is 25.0 Å². The van der Waals surface area contributed by atoms with Crippen molar-refractivity contribution in [3.8, 4) is 29.0 Å². The van der Waals surface area contributed by atoms with Gasteiger partial charge in [-0.25, -0.2) is 15.0 Å². The summed E-state index contributed by atoms with van der Waals surface area (Å²) in [5.41, 5.74) is 1.66. The quantitative estimate of drug-likeness (QED) is 0.593. The first kappa shape index (κ1) is 20.6. The summed E-state index contributed by atoms with van der Waals surface area (Å²) in [5.74, 6) is 2.17. The predicted molar refractivity (Wildman–Crippen MR) is 114 cm³/mol. The molecule has 0 bridgehead atoms. The van der Waals surface area contributed by atoms with E-state index < -0.39 is 0 Å². The summed E-state index contributed by atoms with van der Waals surface area (Å²) in [6.45, 7) is 0. The number of nitriles is 1. The molecule has 1 aliphatic rings. The highest BCUT2D eigenvalue weighted by molar-refractivity contribution is 5.74. The number of nitrogens with one attached hydrogen (secondary N) is 2. The fraction of sp³-hybridized carbons (Fsp3) is 0.381. The molecule has 1 saturated carbocycles. The van der Waals surface area contributed by atoms with E-state index in [2.05, 4.69) is 49.5 Å². The molecule has 0 unspecified atom stereocenters. The van der Waals surface area contributed by atoms with Gasteiger partial charge in [0.15, 0.2) is 11.5 Å². The van der Waals surface area contributed by atoms with E-state index in [9.17, 15) is 0 Å². The summed E-state index contributed by atoms with van der Waals surface area (Å²) in [6, 6.07) is 6.06. The number of ether oxygens (including phenoxy) is 2. The Bertz CT molecular complexity index is 1070. The molecule has 2 atom stereocenters. The third kappa shape index (κ3) is 4.57. The summed E-state index contributed by atoms with van der Waals surface area (Å²) in [5, 5.41) is 19.2. The first-order valence-electron chi connectivity index (χ1n) is 9.98. The number of nitrogens with zero attached hydrogens (tertiary/aromatic N) is 6. The van der Waals surface area contributed by atoms with Crippen LogP contribution in [-0.2, 0) is 0 Å². The lowest BCUT2D eigenvalue weighted by molar-refractivity contribution is 0.186. The smallest absolute Gasteiger partial charge is 0.227 e. The topological polar surface area (TPSA) is 125 Å². The van der Waals surface area contributed by atoms with Gasteiger partial charge in [0.05, 0.1) is 25.2 Å². The van der Waals surface area contributed by atoms with E-state index in [1.165, 1.54) is 12.4 Å². The second kappa shape index (κ2) is 8.97. The van der Waals surface area contributed by atoms with Gasteiger partial charge in [-0.1, -0.05) is 0 Å². The second-order valence-electron chi connectivity index (χ2n) is 7.55. The Balaban J connectivity index is 1.56. The summed E-state index contributed by atoms with van der Waals surface area (Å²) >= 11 is 0. The Morgan fingerprint density at radius 1 is 1.19 bits per heavy atom. The first-order chi connectivity index (χ1) is 15.1. The Hall–Kier alpha value is -3.71. The Morgan fingerprint density at radius 3 is 2.74 bits per heavy atom. The third-order valence-corrected chi connectivity index (χ3v) is 5.33. The monoisotopic (exact) mass is 420 g/mol. The number of rotatable bonds is 7. The van der Waals surface area contributed by atoms with E-state index in [1.807, 2.05) is 12.1 Å². The van der Waals surface area contributed by atoms with Crippen LogP contribution in [0.4, 0.5) is 11.6 Å². The minimum Gasteiger partial charge on any atom is -0.496 e. The maximum absolute atomic E-state index is 8.84. The fourth-order valence-electron chi connectivity index (χ4n) is 3.68. The maximum Gasteiger partial charge on any atom is 0.227 e. The first-order valence-corrected chi connectivity index (χ1v) is 9.98. The number of anilines is 2. The summed E-state index contributed by atoms with van der Waals surface area (Å²) in [4.78, 5) is 14.9. The largest absolute Gasteiger partial charge is 0.496 e. The Morgan fingerprint density at radius 2 is 2.06 bits per heavy atom. The van der Waals surface area contributed by atoms with Crippen LogP contribution >= 0.6 is 0 Å². The predicted octanol–water partition coefficient (Wildman–Crippen LogP) is 2.75. The van der Waals surface area contributed by atoms with Gasteiger partial charge in [-0.15, -0.1) is 0 Å². The van der Waals surface area contributed by atoms with Crippen molar-refractivity contribution < 1.29 is 9.47 Å². The molecule has 160 valence electrons. The molecule has 1 aliphatic carbocycles. The van der Waals surface area contributed by atoms with Crippen LogP contribution < -0.4 is 14.8 Å². The standard InChI is InChI=1S/C21H24N8O2/c1-29(2)14-4-5-15(8-14)31-21-20(17(30-3)6-7-23-21)16-9-18(28-27-16)26-19-12-24-13(10-22)11-25-19/h6-7,9,11-12,14-15H,4-5,8H2,1-3H3,(H2,25,26,27,28)/t14-,15+/m0/s1. The average Bonchev–Trinajstić information content (AvgIpc) is 3.44. The molecule has 3 aromatic rings. The van der Waals surface area contributed by atoms with E-state index in [4.69, 9.17) is 14.7 Å². The van der Waals surface area contributed by atoms with Gasteiger partial charge in [-0.2, -0.15) is 10.4 Å². The summed E-state index contributed by atoms with van der Waals surface area (Å²) in [6.07, 6.45) is 7.69. The molecule has 31 heavy (non-hydrogen) atoms. The van der Waals surface area contributed by atoms with Crippen LogP contribution in [0.15, 0.2) is 30.7 Å². The SMILES string of the molecule is COc1ccnc(O[C@@H]2CC[C@H](N(C)C)C2)c1-c1cc(Nc2cnc(C#N)cn2)n[nH]1. The molecule has 0 saturated heterocycles. The Labute approximate surface area is 180 Å². The van der Waals surface area contributed by atoms with Crippen LogP contribution in [0.3, 0.4) is 0 Å². The molecular weight excluding hydrogens is 396 g/mol. The maximum atomic E-state index is 8.84. The molecule has 2 N–H and O–H groups in total. The molecule has 10 nitrogen and oxygen atoms in total. The van der Waals surface area contributed by atoms with Crippen molar-refractivity contribution in [1.29, 1.82) is 5.26 Å². The molecular formula is C21H24N8O2. The average molecular weight is 420 g/mol. The molecule has 3 heterocycles. The van der Waals surface area contributed by atoms with Crippen molar-refractivity contribution in [3.05, 3.63) is 36.4 Å². The van der Waals surface area contributed by atoms with Crippen molar-refractivity contribution in [2.75, 3.05) is 26.5 Å². The minimum atomic E-state index is 0.0974. The molecule has 0 spiro atoms. The number of hydrogen-bond donors (Lipinski definition) is 2. The highest BCUT2D eigenvalue weighted by Crippen LogP contribution is 2.38. The van der Waals surface area contributed by atoms with Gasteiger partial charge in [0.2, 0.25) is 5.88 Å². The lowest BCUT2D eigenvalue weighted by Crippen LogP contribution is -2.26. The summed E-state index contributed by atoms with van der Waals surface area (Å²) in [7, 11) is 5.81. The lowest BCUT2D eigenvalue weighted by atomic mass is 10.1. The van der Waals surface area contributed by atoms with E-state index in [0.29, 0.717) is 40.6 Å². The number of methoxy groups -OCH3 is 1. The minimum absolute atomic E-state index is 0.0974. The van der Waals surface area contributed by atoms with Crippen molar-refractivity contribution >= 4 is 11.6 Å². The molecule has 1 fully saturated rings. The van der Waals surface area contributed by atoms with Gasteiger partial charge in [-0.05, 0) is 39.4 Å². The van der Waals surface area contributed by atoms with Crippen LogP contribution in [0.2, 0.25) is 0 Å². The molecule has 4 rings (SSSR count). The molecule has 0 aromatic carbocycles. The van der Waals surface area contributed by atoms with Crippen LogP contribution in [0.5, 0.6) is 11.6 Å². The molecule has 0 aliphatic heterocycles. The zero-order valence-electron chi connectivity index (χ0n) is 17.7. The number of aromatic nitrogens is 5. The van der Waals surface area contributed by atoms with Crippen molar-refractivity contribution in [2.45, 2.75) is 31.4 Å². The molecule has 3 aromatic heterocycles. The van der Waals surface area contributed by atoms with Crippen molar-refractivity contribution in [1.82, 2.24) is 30.0 Å². The molecule has 10 heteroatoms. The van der Waals surface area contributed by atoms with Crippen molar-refractivity contribution in [3.63, 3.8) is 0 Å². The Kier molecular flexibility index (Phi) is 5.95. The highest BCUT2D eigenvalue weighted by atomic mass is 16.5. The van der Waals surface area contributed by atoms with Crippen molar-refractivity contribution in [2.24, 2.45) is 0 Å². The van der Waals surface area contributed by atoms with Gasteiger partial charge in [0, 0.05) is 18.3 Å². The zero-order valence-corrected chi connectivity index (χ0v) is 17.7. The molecule has 0 amide bonds. The third-order valence-electron chi connectivity index (χ3n) is 5.33. The van der Waals surface area contributed by atoms with Crippen LogP contribution in [0, 0.1) is 11.3 Å². The van der Waals surface area contributed by atoms with Gasteiger partial charge in [0.25, 0.3) is 0 Å². The van der Waals surface area contributed by atoms with Gasteiger partial charge in [-0.3, -0.25) is 5.10 Å². The normalized spacial score (nSPS) is 18.0. The van der Waals surface area contributed by atoms with E-state index >= 15 is 0 Å². The van der Waals surface area contributed by atoms with Crippen LogP contribution in [-0.4, -0.2) is 63.4 Å². The lowest BCUT2D eigenvalue weighted by Gasteiger charge is -2.20. The number of hydrogen-bond acceptors (Lipinski definition) is 9. The van der Waals surface area contributed by atoms with Gasteiger partial charge < -0.3 is 19.7 Å². The number of pyridine rings is 1. The van der Waals surface area contributed by atoms with E-state index in [0.717, 1.165) is 19.3 Å². The highest BCUT2D eigenvalue weighted by Gasteiger charge is 2.29. The zero-order chi connectivity index (χ0) is 21.8. The number of H-pyrrole nitrogens is 1. The van der Waals surface area contributed by atoms with Crippen LogP contribution in [0.25, 0.3) is 11.3 Å². The fourth-order valence-corrected chi connectivity index (χ4v) is 3.68.